The molecule has 0 aliphatic carbocycles. The average Bonchev–Trinajstić information content (AvgIpc) is 2.50. The van der Waals surface area contributed by atoms with Crippen LogP contribution in [0.25, 0.3) is 0 Å². The predicted octanol–water partition coefficient (Wildman–Crippen LogP) is 0.810. The van der Waals surface area contributed by atoms with Crippen LogP contribution in [0.5, 0.6) is 0 Å². The standard InChI is InChI=1S/C6H14N2/c1-3-6(2)4-8-5-7-8/h6-7H,3-5H2,1-2H3. The Bertz CT molecular complexity index is 68.9. The zero-order chi connectivity index (χ0) is 5.98. The maximum absolute atomic E-state index is 3.13. The zero-order valence-electron chi connectivity index (χ0n) is 5.65. The summed E-state index contributed by atoms with van der Waals surface area (Å²) in [6.45, 7) is 6.83. The van der Waals surface area contributed by atoms with Crippen molar-refractivity contribution in [3.63, 3.8) is 0 Å². The van der Waals surface area contributed by atoms with Gasteiger partial charge >= 0.3 is 0 Å². The molecule has 8 heavy (non-hydrogen) atoms. The van der Waals surface area contributed by atoms with Crippen LogP contribution in [0, 0.1) is 5.92 Å². The lowest BCUT2D eigenvalue weighted by Gasteiger charge is -2.05. The molecule has 0 bridgehead atoms. The fourth-order valence-corrected chi connectivity index (χ4v) is 0.684. The van der Waals surface area contributed by atoms with E-state index in [1.54, 1.807) is 0 Å². The lowest BCUT2D eigenvalue weighted by Crippen LogP contribution is -2.10. The quantitative estimate of drug-likeness (QED) is 0.549. The molecule has 2 unspecified atom stereocenters. The lowest BCUT2D eigenvalue weighted by molar-refractivity contribution is 0.399. The van der Waals surface area contributed by atoms with Gasteiger partial charge in [-0.15, -0.1) is 0 Å². The van der Waals surface area contributed by atoms with Gasteiger partial charge in [-0.05, 0) is 5.92 Å². The van der Waals surface area contributed by atoms with Crippen LogP contribution in [-0.4, -0.2) is 18.2 Å². The second-order valence-corrected chi connectivity index (χ2v) is 2.55. The first-order chi connectivity index (χ1) is 3.83. The number of hydrazine groups is 1. The van der Waals surface area contributed by atoms with Crippen molar-refractivity contribution in [2.75, 3.05) is 13.2 Å². The van der Waals surface area contributed by atoms with E-state index in [0.717, 1.165) is 12.6 Å². The van der Waals surface area contributed by atoms with Crippen molar-refractivity contribution in [1.29, 1.82) is 0 Å². The first-order valence-electron chi connectivity index (χ1n) is 3.31. The van der Waals surface area contributed by atoms with Crippen LogP contribution in [0.3, 0.4) is 0 Å². The van der Waals surface area contributed by atoms with Crippen molar-refractivity contribution in [1.82, 2.24) is 10.4 Å². The molecular weight excluding hydrogens is 100 g/mol. The number of nitrogens with one attached hydrogen (secondary N) is 1. The molecule has 0 saturated carbocycles. The molecule has 0 spiro atoms. The minimum atomic E-state index is 0.852. The molecule has 1 fully saturated rings. The van der Waals surface area contributed by atoms with Crippen LogP contribution in [0.1, 0.15) is 20.3 Å². The van der Waals surface area contributed by atoms with Crippen molar-refractivity contribution >= 4 is 0 Å². The summed E-state index contributed by atoms with van der Waals surface area (Å²) in [7, 11) is 0. The highest BCUT2D eigenvalue weighted by atomic mass is 15.7. The molecular formula is C6H14N2. The van der Waals surface area contributed by atoms with Crippen LogP contribution in [-0.2, 0) is 0 Å². The second kappa shape index (κ2) is 2.46. The average molecular weight is 114 g/mol. The van der Waals surface area contributed by atoms with Gasteiger partial charge in [0.05, 0.1) is 6.67 Å². The lowest BCUT2D eigenvalue weighted by atomic mass is 10.1. The summed E-state index contributed by atoms with van der Waals surface area (Å²) in [6.07, 6.45) is 1.29. The van der Waals surface area contributed by atoms with Gasteiger partial charge in [-0.25, -0.2) is 10.4 Å². The van der Waals surface area contributed by atoms with Gasteiger partial charge in [0.25, 0.3) is 0 Å². The first kappa shape index (κ1) is 6.05. The molecule has 0 amide bonds. The third-order valence-corrected chi connectivity index (χ3v) is 1.61. The van der Waals surface area contributed by atoms with Crippen LogP contribution in [0.4, 0.5) is 0 Å². The monoisotopic (exact) mass is 114 g/mol. The van der Waals surface area contributed by atoms with Crippen molar-refractivity contribution in [3.8, 4) is 0 Å². The van der Waals surface area contributed by atoms with Gasteiger partial charge in [-0.2, -0.15) is 0 Å². The van der Waals surface area contributed by atoms with Crippen LogP contribution < -0.4 is 5.43 Å². The molecule has 1 heterocycles. The Morgan fingerprint density at radius 2 is 2.38 bits per heavy atom. The molecule has 0 aromatic carbocycles. The topological polar surface area (TPSA) is 25.0 Å². The van der Waals surface area contributed by atoms with Gasteiger partial charge in [0.1, 0.15) is 0 Å². The number of rotatable bonds is 3. The maximum atomic E-state index is 3.13. The molecule has 1 aliphatic rings. The summed E-state index contributed by atoms with van der Waals surface area (Å²) in [5, 5.41) is 2.23. The molecule has 0 aromatic rings. The van der Waals surface area contributed by atoms with Gasteiger partial charge in [-0.1, -0.05) is 20.3 Å². The van der Waals surface area contributed by atoms with Crippen LogP contribution in [0.2, 0.25) is 0 Å². The maximum Gasteiger partial charge on any atom is 0.0754 e. The summed E-state index contributed by atoms with van der Waals surface area (Å²) in [6, 6.07) is 0. The van der Waals surface area contributed by atoms with Crippen molar-refractivity contribution in [3.05, 3.63) is 0 Å². The third-order valence-electron chi connectivity index (χ3n) is 1.61. The molecule has 48 valence electrons. The Balaban J connectivity index is 1.98. The van der Waals surface area contributed by atoms with E-state index < -0.39 is 0 Å². The van der Waals surface area contributed by atoms with Gasteiger partial charge in [0.15, 0.2) is 0 Å². The van der Waals surface area contributed by atoms with E-state index >= 15 is 0 Å². The smallest absolute Gasteiger partial charge is 0.0754 e. The molecule has 1 N–H and O–H groups in total. The Morgan fingerprint density at radius 3 is 2.75 bits per heavy atom. The van der Waals surface area contributed by atoms with Gasteiger partial charge < -0.3 is 0 Å². The first-order valence-corrected chi connectivity index (χ1v) is 3.31. The van der Waals surface area contributed by atoms with E-state index in [0.29, 0.717) is 0 Å². The number of nitrogens with zero attached hydrogens (tertiary/aromatic N) is 1. The van der Waals surface area contributed by atoms with Crippen molar-refractivity contribution < 1.29 is 0 Å². The normalized spacial score (nSPS) is 30.0. The highest BCUT2D eigenvalue weighted by molar-refractivity contribution is 4.63. The Labute approximate surface area is 50.8 Å². The molecule has 0 radical (unpaired) electrons. The van der Waals surface area contributed by atoms with E-state index in [2.05, 4.69) is 24.3 Å². The van der Waals surface area contributed by atoms with E-state index in [9.17, 15) is 0 Å². The fourth-order valence-electron chi connectivity index (χ4n) is 0.684. The molecule has 1 aliphatic heterocycles. The van der Waals surface area contributed by atoms with Gasteiger partial charge in [0, 0.05) is 6.54 Å². The second-order valence-electron chi connectivity index (χ2n) is 2.55. The van der Waals surface area contributed by atoms with Gasteiger partial charge in [-0.3, -0.25) is 0 Å². The fraction of sp³-hybridized carbons (Fsp3) is 1.00. The highest BCUT2D eigenvalue weighted by Gasteiger charge is 2.17. The van der Waals surface area contributed by atoms with Crippen LogP contribution in [0.15, 0.2) is 0 Å². The molecule has 2 nitrogen and oxygen atoms in total. The largest absolute Gasteiger partial charge is 0.238 e. The summed E-state index contributed by atoms with van der Waals surface area (Å²) in [5.74, 6) is 0.852. The number of hydrogen-bond donors (Lipinski definition) is 1. The van der Waals surface area contributed by atoms with Gasteiger partial charge in [0.2, 0.25) is 0 Å². The Morgan fingerprint density at radius 1 is 1.75 bits per heavy atom. The Hall–Kier alpha value is -0.0800. The predicted molar refractivity (Wildman–Crippen MR) is 34.2 cm³/mol. The third kappa shape index (κ3) is 1.80. The van der Waals surface area contributed by atoms with E-state index in [1.165, 1.54) is 13.0 Å². The SMILES string of the molecule is CCC(C)CN1CN1. The molecule has 2 heteroatoms. The van der Waals surface area contributed by atoms with Crippen molar-refractivity contribution in [2.24, 2.45) is 5.92 Å². The summed E-state index contributed by atoms with van der Waals surface area (Å²) < 4.78 is 0. The molecule has 0 aromatic heterocycles. The van der Waals surface area contributed by atoms with E-state index in [-0.39, 0.29) is 0 Å². The Kier molecular flexibility index (Phi) is 1.86. The summed E-state index contributed by atoms with van der Waals surface area (Å²) in [4.78, 5) is 0. The zero-order valence-corrected chi connectivity index (χ0v) is 5.65. The molecule has 1 saturated heterocycles. The highest BCUT2D eigenvalue weighted by Crippen LogP contribution is 2.05. The summed E-state index contributed by atoms with van der Waals surface area (Å²) in [5.41, 5.74) is 3.13. The van der Waals surface area contributed by atoms with Crippen molar-refractivity contribution in [2.45, 2.75) is 20.3 Å². The van der Waals surface area contributed by atoms with E-state index in [1.807, 2.05) is 0 Å². The minimum Gasteiger partial charge on any atom is -0.238 e. The van der Waals surface area contributed by atoms with E-state index in [4.69, 9.17) is 0 Å². The molecule has 2 atom stereocenters. The minimum absolute atomic E-state index is 0.852. The summed E-state index contributed by atoms with van der Waals surface area (Å²) >= 11 is 0. The molecule has 1 rings (SSSR count). The van der Waals surface area contributed by atoms with Crippen LogP contribution >= 0.6 is 0 Å². The number of hydrogen-bond acceptors (Lipinski definition) is 2.